The van der Waals surface area contributed by atoms with E-state index in [1.165, 1.54) is 36.4 Å². The Hall–Kier alpha value is -3.88. The maximum atomic E-state index is 13.3. The third-order valence-corrected chi connectivity index (χ3v) is 6.75. The van der Waals surface area contributed by atoms with E-state index in [4.69, 9.17) is 9.97 Å². The zero-order valence-corrected chi connectivity index (χ0v) is 20.8. The van der Waals surface area contributed by atoms with Gasteiger partial charge in [-0.3, -0.25) is 14.9 Å². The van der Waals surface area contributed by atoms with Gasteiger partial charge in [-0.1, -0.05) is 26.0 Å². The number of hydrogen-bond donors (Lipinski definition) is 0. The molecule has 1 fully saturated rings. The lowest BCUT2D eigenvalue weighted by Crippen LogP contribution is -2.49. The Balaban J connectivity index is 1.58. The summed E-state index contributed by atoms with van der Waals surface area (Å²) in [5, 5.41) is 11.0. The van der Waals surface area contributed by atoms with E-state index in [2.05, 4.69) is 18.7 Å². The molecule has 2 aromatic carbocycles. The number of benzene rings is 2. The number of nitro benzene ring substituents is 1. The molecule has 3 aromatic rings. The van der Waals surface area contributed by atoms with E-state index in [0.29, 0.717) is 38.2 Å². The largest absolute Gasteiger partial charge is 0.353 e. The molecule has 0 aliphatic carbocycles. The fourth-order valence-corrected chi connectivity index (χ4v) is 4.31. The van der Waals surface area contributed by atoms with Gasteiger partial charge in [0.1, 0.15) is 17.5 Å². The van der Waals surface area contributed by atoms with E-state index in [1.807, 2.05) is 6.92 Å². The number of carbonyl (C=O) groups excluding carboxylic acids is 1. The van der Waals surface area contributed by atoms with Crippen molar-refractivity contribution in [3.8, 4) is 0 Å². The number of nitrogens with zero attached hydrogens (tertiary/aromatic N) is 5. The molecule has 36 heavy (non-hydrogen) atoms. The lowest BCUT2D eigenvalue weighted by Gasteiger charge is -2.36. The maximum Gasteiger partial charge on any atom is 0.269 e. The highest BCUT2D eigenvalue weighted by Crippen LogP contribution is 2.28. The minimum absolute atomic E-state index is 0.0565. The van der Waals surface area contributed by atoms with Crippen molar-refractivity contribution in [3.05, 3.63) is 92.7 Å². The SMILES string of the molecule is CC[C@@H](C)c1nc(C)c(Cc2ccc([N+](=O)[O-])cc2)c(N2CCN(C(=O)c3ccc(F)cc3)CC2)n1. The Bertz CT molecular complexity index is 1240. The summed E-state index contributed by atoms with van der Waals surface area (Å²) < 4.78 is 13.3. The number of non-ortho nitro benzene ring substituents is 1. The fraction of sp³-hybridized carbons (Fsp3) is 0.370. The Morgan fingerprint density at radius 1 is 1.06 bits per heavy atom. The molecule has 0 N–H and O–H groups in total. The summed E-state index contributed by atoms with van der Waals surface area (Å²) in [7, 11) is 0. The Morgan fingerprint density at radius 3 is 2.28 bits per heavy atom. The normalized spacial score (nSPS) is 14.6. The summed E-state index contributed by atoms with van der Waals surface area (Å²) >= 11 is 0. The number of hydrogen-bond acceptors (Lipinski definition) is 6. The second kappa shape index (κ2) is 10.8. The van der Waals surface area contributed by atoms with Crippen LogP contribution in [0.5, 0.6) is 0 Å². The zero-order valence-electron chi connectivity index (χ0n) is 20.8. The van der Waals surface area contributed by atoms with Crippen molar-refractivity contribution in [2.45, 2.75) is 39.5 Å². The molecule has 0 unspecified atom stereocenters. The van der Waals surface area contributed by atoms with E-state index < -0.39 is 4.92 Å². The van der Waals surface area contributed by atoms with Crippen LogP contribution in [0.25, 0.3) is 0 Å². The van der Waals surface area contributed by atoms with Gasteiger partial charge in [0.25, 0.3) is 11.6 Å². The van der Waals surface area contributed by atoms with Gasteiger partial charge in [0.15, 0.2) is 0 Å². The highest BCUT2D eigenvalue weighted by molar-refractivity contribution is 5.94. The molecule has 2 heterocycles. The molecule has 1 aliphatic heterocycles. The summed E-state index contributed by atoms with van der Waals surface area (Å²) in [5.74, 6) is 1.37. The van der Waals surface area contributed by atoms with Gasteiger partial charge in [0.2, 0.25) is 0 Å². The monoisotopic (exact) mass is 491 g/mol. The second-order valence-corrected chi connectivity index (χ2v) is 9.17. The lowest BCUT2D eigenvalue weighted by atomic mass is 10.0. The van der Waals surface area contributed by atoms with Crippen LogP contribution in [0.2, 0.25) is 0 Å². The molecule has 1 amide bonds. The van der Waals surface area contributed by atoms with E-state index >= 15 is 0 Å². The van der Waals surface area contributed by atoms with Crippen LogP contribution in [0.15, 0.2) is 48.5 Å². The number of aromatic nitrogens is 2. The Morgan fingerprint density at radius 2 is 1.69 bits per heavy atom. The van der Waals surface area contributed by atoms with Crippen LogP contribution >= 0.6 is 0 Å². The van der Waals surface area contributed by atoms with E-state index in [0.717, 1.165) is 34.9 Å². The van der Waals surface area contributed by atoms with Gasteiger partial charge in [-0.25, -0.2) is 14.4 Å². The number of anilines is 1. The maximum absolute atomic E-state index is 13.3. The lowest BCUT2D eigenvalue weighted by molar-refractivity contribution is -0.384. The van der Waals surface area contributed by atoms with Crippen molar-refractivity contribution in [1.29, 1.82) is 0 Å². The van der Waals surface area contributed by atoms with Gasteiger partial charge in [0, 0.05) is 67.5 Å². The number of amides is 1. The molecule has 1 saturated heterocycles. The minimum Gasteiger partial charge on any atom is -0.353 e. The average molecular weight is 492 g/mol. The topological polar surface area (TPSA) is 92.5 Å². The number of aryl methyl sites for hydroxylation is 1. The van der Waals surface area contributed by atoms with Crippen molar-refractivity contribution in [2.75, 3.05) is 31.1 Å². The first-order valence-electron chi connectivity index (χ1n) is 12.2. The molecule has 188 valence electrons. The standard InChI is InChI=1S/C27H30FN5O3/c1-4-18(2)25-29-19(3)24(17-20-5-11-23(12-6-20)33(35)36)26(30-25)31-13-15-32(16-14-31)27(34)21-7-9-22(28)10-8-21/h5-12,18H,4,13-17H2,1-3H3/t18-/m1/s1. The van der Waals surface area contributed by atoms with Crippen LogP contribution in [-0.2, 0) is 6.42 Å². The van der Waals surface area contributed by atoms with Crippen LogP contribution in [-0.4, -0.2) is 51.9 Å². The highest BCUT2D eigenvalue weighted by Gasteiger charge is 2.26. The number of halogens is 1. The molecule has 8 nitrogen and oxygen atoms in total. The molecule has 1 aliphatic rings. The van der Waals surface area contributed by atoms with Crippen molar-refractivity contribution in [3.63, 3.8) is 0 Å². The third-order valence-electron chi connectivity index (χ3n) is 6.75. The molecule has 1 atom stereocenters. The number of carbonyl (C=O) groups is 1. The second-order valence-electron chi connectivity index (χ2n) is 9.17. The number of nitro groups is 1. The summed E-state index contributed by atoms with van der Waals surface area (Å²) in [4.78, 5) is 37.2. The molecular formula is C27H30FN5O3. The summed E-state index contributed by atoms with van der Waals surface area (Å²) in [6, 6.07) is 12.2. The van der Waals surface area contributed by atoms with Crippen LogP contribution in [0.4, 0.5) is 15.9 Å². The Labute approximate surface area is 209 Å². The van der Waals surface area contributed by atoms with Crippen LogP contribution in [0.1, 0.15) is 59.2 Å². The average Bonchev–Trinajstić information content (AvgIpc) is 2.89. The fourth-order valence-electron chi connectivity index (χ4n) is 4.31. The van der Waals surface area contributed by atoms with Crippen molar-refractivity contribution in [1.82, 2.24) is 14.9 Å². The molecule has 0 bridgehead atoms. The summed E-state index contributed by atoms with van der Waals surface area (Å²) in [6.45, 7) is 8.45. The first-order valence-corrected chi connectivity index (χ1v) is 12.2. The van der Waals surface area contributed by atoms with Gasteiger partial charge in [-0.15, -0.1) is 0 Å². The Kier molecular flexibility index (Phi) is 7.57. The van der Waals surface area contributed by atoms with Crippen molar-refractivity contribution in [2.24, 2.45) is 0 Å². The predicted molar refractivity (Wildman–Crippen MR) is 136 cm³/mol. The van der Waals surface area contributed by atoms with Crippen LogP contribution in [0, 0.1) is 22.9 Å². The molecule has 0 saturated carbocycles. The highest BCUT2D eigenvalue weighted by atomic mass is 19.1. The van der Waals surface area contributed by atoms with Crippen molar-refractivity contribution < 1.29 is 14.1 Å². The van der Waals surface area contributed by atoms with Gasteiger partial charge < -0.3 is 9.80 Å². The molecule has 1 aromatic heterocycles. The molecule has 9 heteroatoms. The van der Waals surface area contributed by atoms with E-state index in [9.17, 15) is 19.3 Å². The number of rotatable bonds is 7. The van der Waals surface area contributed by atoms with Gasteiger partial charge >= 0.3 is 0 Å². The summed E-state index contributed by atoms with van der Waals surface area (Å²) in [5.41, 5.74) is 3.34. The van der Waals surface area contributed by atoms with Crippen molar-refractivity contribution >= 4 is 17.4 Å². The minimum atomic E-state index is -0.406. The zero-order chi connectivity index (χ0) is 25.8. The van der Waals surface area contributed by atoms with Crippen LogP contribution < -0.4 is 4.90 Å². The smallest absolute Gasteiger partial charge is 0.269 e. The van der Waals surface area contributed by atoms with E-state index in [1.54, 1.807) is 17.0 Å². The predicted octanol–water partition coefficient (Wildman–Crippen LogP) is 4.90. The number of piperazine rings is 1. The summed E-state index contributed by atoms with van der Waals surface area (Å²) in [6.07, 6.45) is 1.47. The van der Waals surface area contributed by atoms with E-state index in [-0.39, 0.29) is 23.3 Å². The van der Waals surface area contributed by atoms with Crippen LogP contribution in [0.3, 0.4) is 0 Å². The first-order chi connectivity index (χ1) is 17.3. The first kappa shape index (κ1) is 25.2. The molecule has 4 rings (SSSR count). The van der Waals surface area contributed by atoms with Gasteiger partial charge in [0.05, 0.1) is 4.92 Å². The third kappa shape index (κ3) is 5.50. The molecule has 0 radical (unpaired) electrons. The molecule has 0 spiro atoms. The molecular weight excluding hydrogens is 461 g/mol. The van der Waals surface area contributed by atoms with Gasteiger partial charge in [-0.2, -0.15) is 0 Å². The quantitative estimate of drug-likeness (QED) is 0.345. The van der Waals surface area contributed by atoms with Gasteiger partial charge in [-0.05, 0) is 43.2 Å².